The predicted molar refractivity (Wildman–Crippen MR) is 88.4 cm³/mol. The number of alkyl halides is 3. The Kier molecular flexibility index (Phi) is 4.53. The first-order valence-corrected chi connectivity index (χ1v) is 7.81. The first-order chi connectivity index (χ1) is 11.9. The summed E-state index contributed by atoms with van der Waals surface area (Å²) in [4.78, 5) is 12.2. The Hall–Kier alpha value is -2.76. The summed E-state index contributed by atoms with van der Waals surface area (Å²) in [5.74, 6) is -0.495. The van der Waals surface area contributed by atoms with E-state index in [1.807, 2.05) is 24.3 Å². The van der Waals surface area contributed by atoms with Crippen molar-refractivity contribution in [1.29, 1.82) is 0 Å². The molecule has 0 N–H and O–H groups in total. The van der Waals surface area contributed by atoms with Crippen molar-refractivity contribution in [1.82, 2.24) is 4.57 Å². The van der Waals surface area contributed by atoms with Crippen LogP contribution in [-0.2, 0) is 17.5 Å². The van der Waals surface area contributed by atoms with E-state index in [4.69, 9.17) is 4.74 Å². The molecule has 0 fully saturated rings. The third-order valence-electron chi connectivity index (χ3n) is 3.89. The standard InChI is InChI=1S/C19H16F3NO2/c1-2-25-18(24)17-11-14-7-3-4-9-16(14)23(17)12-13-6-5-8-15(10-13)19(20,21)22/h3-11H,2,12H2,1H3. The summed E-state index contributed by atoms with van der Waals surface area (Å²) in [6.07, 6.45) is -4.40. The SMILES string of the molecule is CCOC(=O)c1cc2ccccc2n1Cc1cccc(C(F)(F)F)c1. The van der Waals surface area contributed by atoms with Gasteiger partial charge in [-0.1, -0.05) is 30.3 Å². The van der Waals surface area contributed by atoms with Gasteiger partial charge in [-0.25, -0.2) is 4.79 Å². The molecule has 0 aliphatic carbocycles. The zero-order valence-corrected chi connectivity index (χ0v) is 13.5. The molecule has 1 aromatic heterocycles. The predicted octanol–water partition coefficient (Wildman–Crippen LogP) is 4.89. The molecule has 0 unspecified atom stereocenters. The lowest BCUT2D eigenvalue weighted by Gasteiger charge is -2.12. The Bertz CT molecular complexity index is 912. The fraction of sp³-hybridized carbons (Fsp3) is 0.211. The minimum absolute atomic E-state index is 0.144. The molecular formula is C19H16F3NO2. The quantitative estimate of drug-likeness (QED) is 0.630. The van der Waals surface area contributed by atoms with Crippen LogP contribution in [0, 0.1) is 0 Å². The van der Waals surface area contributed by atoms with Crippen LogP contribution >= 0.6 is 0 Å². The molecule has 1 heterocycles. The van der Waals surface area contributed by atoms with E-state index in [1.54, 1.807) is 23.6 Å². The molecule has 3 aromatic rings. The molecule has 0 spiro atoms. The van der Waals surface area contributed by atoms with Crippen molar-refractivity contribution in [2.75, 3.05) is 6.61 Å². The number of nitrogens with zero attached hydrogens (tertiary/aromatic N) is 1. The van der Waals surface area contributed by atoms with Crippen molar-refractivity contribution < 1.29 is 22.7 Å². The molecule has 3 rings (SSSR count). The fourth-order valence-corrected chi connectivity index (χ4v) is 2.78. The molecule has 130 valence electrons. The van der Waals surface area contributed by atoms with Crippen LogP contribution in [0.3, 0.4) is 0 Å². The van der Waals surface area contributed by atoms with E-state index < -0.39 is 17.7 Å². The summed E-state index contributed by atoms with van der Waals surface area (Å²) in [5.41, 5.74) is 0.837. The normalized spacial score (nSPS) is 11.7. The molecule has 0 bridgehead atoms. The number of aromatic nitrogens is 1. The third-order valence-corrected chi connectivity index (χ3v) is 3.89. The second-order valence-corrected chi connectivity index (χ2v) is 5.59. The monoisotopic (exact) mass is 347 g/mol. The smallest absolute Gasteiger partial charge is 0.416 e. The maximum atomic E-state index is 12.9. The van der Waals surface area contributed by atoms with Gasteiger partial charge in [0.05, 0.1) is 12.2 Å². The molecule has 0 amide bonds. The second kappa shape index (κ2) is 6.63. The average molecular weight is 347 g/mol. The number of carbonyl (C=O) groups excluding carboxylic acids is 1. The number of halogens is 3. The highest BCUT2D eigenvalue weighted by molar-refractivity contribution is 5.95. The highest BCUT2D eigenvalue weighted by atomic mass is 19.4. The van der Waals surface area contributed by atoms with Crippen molar-refractivity contribution in [2.24, 2.45) is 0 Å². The zero-order valence-electron chi connectivity index (χ0n) is 13.5. The average Bonchev–Trinajstić information content (AvgIpc) is 2.93. The number of esters is 1. The Labute approximate surface area is 142 Å². The summed E-state index contributed by atoms with van der Waals surface area (Å²) in [6.45, 7) is 2.08. The number of carbonyl (C=O) groups is 1. The number of rotatable bonds is 4. The molecule has 0 radical (unpaired) electrons. The van der Waals surface area contributed by atoms with E-state index in [-0.39, 0.29) is 13.2 Å². The van der Waals surface area contributed by atoms with Gasteiger partial charge in [-0.3, -0.25) is 0 Å². The van der Waals surface area contributed by atoms with Crippen LogP contribution in [0.4, 0.5) is 13.2 Å². The topological polar surface area (TPSA) is 31.2 Å². The third kappa shape index (κ3) is 3.52. The lowest BCUT2D eigenvalue weighted by atomic mass is 10.1. The van der Waals surface area contributed by atoms with Gasteiger partial charge in [-0.15, -0.1) is 0 Å². The van der Waals surface area contributed by atoms with Gasteiger partial charge in [-0.05, 0) is 36.8 Å². The van der Waals surface area contributed by atoms with Gasteiger partial charge >= 0.3 is 12.1 Å². The van der Waals surface area contributed by atoms with Gasteiger partial charge in [0.15, 0.2) is 0 Å². The Morgan fingerprint density at radius 1 is 1.08 bits per heavy atom. The molecule has 6 heteroatoms. The van der Waals surface area contributed by atoms with Gasteiger partial charge in [-0.2, -0.15) is 13.2 Å². The van der Waals surface area contributed by atoms with Crippen LogP contribution in [0.1, 0.15) is 28.5 Å². The van der Waals surface area contributed by atoms with E-state index in [0.29, 0.717) is 11.3 Å². The maximum Gasteiger partial charge on any atom is 0.416 e. The molecule has 2 aromatic carbocycles. The number of benzene rings is 2. The van der Waals surface area contributed by atoms with Crippen molar-refractivity contribution >= 4 is 16.9 Å². The summed E-state index contributed by atoms with van der Waals surface area (Å²) >= 11 is 0. The highest BCUT2D eigenvalue weighted by Crippen LogP contribution is 2.30. The van der Waals surface area contributed by atoms with Crippen molar-refractivity contribution in [3.8, 4) is 0 Å². The van der Waals surface area contributed by atoms with E-state index >= 15 is 0 Å². The lowest BCUT2D eigenvalue weighted by molar-refractivity contribution is -0.137. The first-order valence-electron chi connectivity index (χ1n) is 7.81. The molecule has 3 nitrogen and oxygen atoms in total. The van der Waals surface area contributed by atoms with Gasteiger partial charge in [0.25, 0.3) is 0 Å². The van der Waals surface area contributed by atoms with Crippen LogP contribution in [0.15, 0.2) is 54.6 Å². The van der Waals surface area contributed by atoms with Crippen molar-refractivity contribution in [2.45, 2.75) is 19.6 Å². The minimum atomic E-state index is -4.40. The van der Waals surface area contributed by atoms with Gasteiger partial charge in [0, 0.05) is 17.4 Å². The number of fused-ring (bicyclic) bond motifs is 1. The Morgan fingerprint density at radius 2 is 1.84 bits per heavy atom. The molecule has 0 saturated heterocycles. The maximum absolute atomic E-state index is 12.9. The molecule has 0 aliphatic heterocycles. The summed E-state index contributed by atoms with van der Waals surface area (Å²) in [5, 5.41) is 0.831. The van der Waals surface area contributed by atoms with E-state index in [1.165, 1.54) is 6.07 Å². The van der Waals surface area contributed by atoms with Crippen LogP contribution < -0.4 is 0 Å². The number of hydrogen-bond acceptors (Lipinski definition) is 2. The highest BCUT2D eigenvalue weighted by Gasteiger charge is 2.30. The number of para-hydroxylation sites is 1. The number of ether oxygens (including phenoxy) is 1. The Morgan fingerprint density at radius 3 is 2.56 bits per heavy atom. The van der Waals surface area contributed by atoms with Gasteiger partial charge in [0.2, 0.25) is 0 Å². The molecule has 0 atom stereocenters. The van der Waals surface area contributed by atoms with Gasteiger partial charge in [0.1, 0.15) is 5.69 Å². The fourth-order valence-electron chi connectivity index (χ4n) is 2.78. The van der Waals surface area contributed by atoms with Crippen molar-refractivity contribution in [3.05, 3.63) is 71.4 Å². The van der Waals surface area contributed by atoms with Crippen molar-refractivity contribution in [3.63, 3.8) is 0 Å². The molecule has 25 heavy (non-hydrogen) atoms. The van der Waals surface area contributed by atoms with Crippen LogP contribution in [0.25, 0.3) is 10.9 Å². The largest absolute Gasteiger partial charge is 0.461 e. The van der Waals surface area contributed by atoms with Crippen LogP contribution in [0.5, 0.6) is 0 Å². The minimum Gasteiger partial charge on any atom is -0.461 e. The van der Waals surface area contributed by atoms with E-state index in [9.17, 15) is 18.0 Å². The molecular weight excluding hydrogens is 331 g/mol. The molecule has 0 aliphatic rings. The number of hydrogen-bond donors (Lipinski definition) is 0. The van der Waals surface area contributed by atoms with E-state index in [2.05, 4.69) is 0 Å². The zero-order chi connectivity index (χ0) is 18.0. The summed E-state index contributed by atoms with van der Waals surface area (Å²) < 4.78 is 45.5. The van der Waals surface area contributed by atoms with E-state index in [0.717, 1.165) is 23.0 Å². The Balaban J connectivity index is 2.06. The van der Waals surface area contributed by atoms with Crippen LogP contribution in [0.2, 0.25) is 0 Å². The summed E-state index contributed by atoms with van der Waals surface area (Å²) in [6, 6.07) is 14.1. The lowest BCUT2D eigenvalue weighted by Crippen LogP contribution is -2.13. The first kappa shape index (κ1) is 17.1. The second-order valence-electron chi connectivity index (χ2n) is 5.59. The van der Waals surface area contributed by atoms with Gasteiger partial charge < -0.3 is 9.30 Å². The summed E-state index contributed by atoms with van der Waals surface area (Å²) in [7, 11) is 0. The molecule has 0 saturated carbocycles. The van der Waals surface area contributed by atoms with Crippen LogP contribution in [-0.4, -0.2) is 17.1 Å².